The van der Waals surface area contributed by atoms with Crippen LogP contribution < -0.4 is 5.11 Å². The molecule has 9 nitrogen and oxygen atoms in total. The van der Waals surface area contributed by atoms with Crippen LogP contribution in [0.1, 0.15) is 373 Å². The van der Waals surface area contributed by atoms with Crippen molar-refractivity contribution in [2.45, 2.75) is 386 Å². The number of nitrogens with zero attached hydrogens (tertiary/aromatic N) is 1. The smallest absolute Gasteiger partial charge is 0.306 e. The van der Waals surface area contributed by atoms with E-state index >= 15 is 0 Å². The largest absolute Gasteiger partial charge is 0.545 e. The van der Waals surface area contributed by atoms with Gasteiger partial charge in [-0.15, -0.1) is 0 Å². The molecule has 0 aromatic rings. The molecule has 520 valence electrons. The summed E-state index contributed by atoms with van der Waals surface area (Å²) in [7, 11) is 5.95. The van der Waals surface area contributed by atoms with Crippen molar-refractivity contribution < 1.29 is 42.9 Å². The Balaban J connectivity index is 4.01. The summed E-state index contributed by atoms with van der Waals surface area (Å²) in [6.45, 7) is 4.70. The fourth-order valence-electron chi connectivity index (χ4n) is 11.4. The number of carbonyl (C=O) groups is 3. The molecule has 0 heterocycles. The number of carbonyl (C=O) groups excluding carboxylic acids is 3. The Kier molecular flexibility index (Phi) is 68.5. The van der Waals surface area contributed by atoms with Crippen LogP contribution in [0.3, 0.4) is 0 Å². The number of unbranched alkanes of at least 4 members (excludes halogenated alkanes) is 47. The summed E-state index contributed by atoms with van der Waals surface area (Å²) in [5.41, 5.74) is 0. The van der Waals surface area contributed by atoms with E-state index in [4.69, 9.17) is 18.9 Å². The molecule has 0 spiro atoms. The van der Waals surface area contributed by atoms with Gasteiger partial charge in [0.1, 0.15) is 13.2 Å². The molecule has 0 N–H and O–H groups in total. The highest BCUT2D eigenvalue weighted by atomic mass is 16.7. The Labute approximate surface area is 552 Å². The fourth-order valence-corrected chi connectivity index (χ4v) is 11.4. The molecule has 0 aliphatic heterocycles. The third-order valence-corrected chi connectivity index (χ3v) is 17.2. The first kappa shape index (κ1) is 86.0. The van der Waals surface area contributed by atoms with Crippen molar-refractivity contribution in [1.29, 1.82) is 0 Å². The van der Waals surface area contributed by atoms with E-state index in [2.05, 4.69) is 74.6 Å². The van der Waals surface area contributed by atoms with Crippen molar-refractivity contribution in [1.82, 2.24) is 0 Å². The average Bonchev–Trinajstić information content (AvgIpc) is 3.64. The van der Waals surface area contributed by atoms with Gasteiger partial charge >= 0.3 is 11.9 Å². The zero-order valence-electron chi connectivity index (χ0n) is 59.6. The Hall–Kier alpha value is -3.01. The second kappa shape index (κ2) is 70.9. The Morgan fingerprint density at radius 1 is 0.348 bits per heavy atom. The van der Waals surface area contributed by atoms with Gasteiger partial charge in [-0.2, -0.15) is 0 Å². The van der Waals surface area contributed by atoms with Gasteiger partial charge in [0.05, 0.1) is 40.3 Å². The lowest BCUT2D eigenvalue weighted by atomic mass is 10.0. The molecule has 0 aliphatic carbocycles. The van der Waals surface area contributed by atoms with Gasteiger partial charge in [-0.05, 0) is 77.0 Å². The number of carboxylic acids is 1. The number of esters is 2. The SMILES string of the molecule is CC/C=C\C/C=C\C/C=C\C/C=C\CCCCCCCCCCCCCCCCCCCCCCC(=O)OC(COC(=O)CCCCCCCCCCCCCCCCCCCCC/C=C\CCCCCCCCCC)COC(OCC[N+](C)(C)C)C(=O)[O-]. The summed E-state index contributed by atoms with van der Waals surface area (Å²) in [5, 5.41) is 11.8. The van der Waals surface area contributed by atoms with E-state index in [0.717, 1.165) is 57.8 Å². The van der Waals surface area contributed by atoms with Crippen molar-refractivity contribution in [2.75, 3.05) is 47.5 Å². The summed E-state index contributed by atoms with van der Waals surface area (Å²) in [5.74, 6) is -2.25. The van der Waals surface area contributed by atoms with Gasteiger partial charge in [0.2, 0.25) is 0 Å². The van der Waals surface area contributed by atoms with Crippen molar-refractivity contribution >= 4 is 17.9 Å². The van der Waals surface area contributed by atoms with E-state index in [9.17, 15) is 19.5 Å². The number of likely N-dealkylation sites (N-methyl/N-ethyl adjacent to an activating group) is 1. The monoisotopic (exact) mass is 1250 g/mol. The highest BCUT2D eigenvalue weighted by molar-refractivity contribution is 5.70. The number of quaternary nitrogens is 1. The third-order valence-electron chi connectivity index (χ3n) is 17.2. The first-order valence-corrected chi connectivity index (χ1v) is 38.4. The van der Waals surface area contributed by atoms with Gasteiger partial charge in [0.25, 0.3) is 0 Å². The van der Waals surface area contributed by atoms with Gasteiger partial charge in [0, 0.05) is 12.8 Å². The molecule has 0 aliphatic rings. The molecule has 0 saturated carbocycles. The van der Waals surface area contributed by atoms with E-state index in [1.165, 1.54) is 283 Å². The Bertz CT molecular complexity index is 1650. The molecule has 0 saturated heterocycles. The molecule has 0 amide bonds. The lowest BCUT2D eigenvalue weighted by Gasteiger charge is -2.26. The lowest BCUT2D eigenvalue weighted by Crippen LogP contribution is -2.44. The number of carboxylic acid groups (broad SMARTS) is 1. The van der Waals surface area contributed by atoms with Crippen molar-refractivity contribution in [2.24, 2.45) is 0 Å². The minimum absolute atomic E-state index is 0.150. The molecule has 0 fully saturated rings. The molecule has 0 rings (SSSR count). The van der Waals surface area contributed by atoms with Gasteiger partial charge < -0.3 is 33.3 Å². The standard InChI is InChI=1S/C80H147NO8/c1-6-8-10-12-14-16-18-20-22-24-26-28-30-32-34-36-38-39-41-43-45-47-49-51-53-55-57-59-61-63-65-67-69-71-78(83)89-76(75-88-80(79(84)85)86-73-72-81(3,4)5)74-87-77(82)70-68-66-64-62-60-58-56-54-52-50-48-46-44-42-40-37-35-33-31-29-27-25-23-21-19-17-15-13-11-9-7-2/h8,10,14,16,20,22,25-28,76,80H,6-7,9,11-13,15,17-19,21,23-24,29-75H2,1-5H3/b10-8-,16-14-,22-20-,27-25-,28-26-. The fraction of sp³-hybridized carbons (Fsp3) is 0.838. The van der Waals surface area contributed by atoms with E-state index < -0.39 is 24.3 Å². The quantitative estimate of drug-likeness (QED) is 0.0195. The molecule has 0 aromatic carbocycles. The topological polar surface area (TPSA) is 111 Å². The molecule has 0 aromatic heterocycles. The number of hydrogen-bond donors (Lipinski definition) is 0. The zero-order chi connectivity index (χ0) is 64.7. The van der Waals surface area contributed by atoms with Crippen LogP contribution in [0.2, 0.25) is 0 Å². The van der Waals surface area contributed by atoms with Crippen LogP contribution in [0.5, 0.6) is 0 Å². The maximum absolute atomic E-state index is 13.0. The summed E-state index contributed by atoms with van der Waals surface area (Å²) < 4.78 is 22.9. The molecular formula is C80H147NO8. The lowest BCUT2D eigenvalue weighted by molar-refractivity contribution is -0.870. The second-order valence-electron chi connectivity index (χ2n) is 27.3. The van der Waals surface area contributed by atoms with Crippen LogP contribution in [0.4, 0.5) is 0 Å². The maximum atomic E-state index is 13.0. The van der Waals surface area contributed by atoms with Crippen LogP contribution in [-0.2, 0) is 33.3 Å². The van der Waals surface area contributed by atoms with Crippen LogP contribution in [0.25, 0.3) is 0 Å². The minimum Gasteiger partial charge on any atom is -0.545 e. The highest BCUT2D eigenvalue weighted by Gasteiger charge is 2.22. The summed E-state index contributed by atoms with van der Waals surface area (Å²) in [4.78, 5) is 37.6. The van der Waals surface area contributed by atoms with Crippen LogP contribution >= 0.6 is 0 Å². The first-order valence-electron chi connectivity index (χ1n) is 38.4. The van der Waals surface area contributed by atoms with Crippen molar-refractivity contribution in [3.05, 3.63) is 60.8 Å². The molecule has 2 unspecified atom stereocenters. The summed E-state index contributed by atoms with van der Waals surface area (Å²) >= 11 is 0. The van der Waals surface area contributed by atoms with Crippen molar-refractivity contribution in [3.63, 3.8) is 0 Å². The van der Waals surface area contributed by atoms with E-state index in [1.54, 1.807) is 0 Å². The number of rotatable bonds is 72. The maximum Gasteiger partial charge on any atom is 0.306 e. The zero-order valence-corrected chi connectivity index (χ0v) is 59.6. The van der Waals surface area contributed by atoms with Crippen LogP contribution in [-0.4, -0.2) is 82.3 Å². The van der Waals surface area contributed by atoms with E-state index in [-0.39, 0.29) is 32.2 Å². The van der Waals surface area contributed by atoms with Gasteiger partial charge in [-0.3, -0.25) is 9.59 Å². The normalized spacial score (nSPS) is 13.0. The van der Waals surface area contributed by atoms with Gasteiger partial charge in [-0.25, -0.2) is 0 Å². The van der Waals surface area contributed by atoms with Crippen LogP contribution in [0, 0.1) is 0 Å². The summed E-state index contributed by atoms with van der Waals surface area (Å²) in [6, 6.07) is 0. The second-order valence-corrected chi connectivity index (χ2v) is 27.3. The predicted molar refractivity (Wildman–Crippen MR) is 380 cm³/mol. The molecule has 0 bridgehead atoms. The number of allylic oxidation sites excluding steroid dienone is 10. The van der Waals surface area contributed by atoms with Gasteiger partial charge in [-0.1, -0.05) is 344 Å². The van der Waals surface area contributed by atoms with E-state index in [0.29, 0.717) is 23.9 Å². The van der Waals surface area contributed by atoms with Crippen molar-refractivity contribution in [3.8, 4) is 0 Å². The summed E-state index contributed by atoms with van der Waals surface area (Å²) in [6.07, 6.45) is 90.5. The molecule has 0 radical (unpaired) electrons. The highest BCUT2D eigenvalue weighted by Crippen LogP contribution is 2.19. The average molecular weight is 1250 g/mol. The number of aliphatic carboxylic acids is 1. The molecule has 9 heteroatoms. The van der Waals surface area contributed by atoms with E-state index in [1.807, 2.05) is 21.1 Å². The Morgan fingerprint density at radius 3 is 0.966 bits per heavy atom. The molecule has 2 atom stereocenters. The van der Waals surface area contributed by atoms with Crippen LogP contribution in [0.15, 0.2) is 60.8 Å². The molecular weight excluding hydrogens is 1100 g/mol. The minimum atomic E-state index is -1.62. The number of ether oxygens (including phenoxy) is 4. The Morgan fingerprint density at radius 2 is 0.640 bits per heavy atom. The first-order chi connectivity index (χ1) is 43.6. The predicted octanol–water partition coefficient (Wildman–Crippen LogP) is 22.9. The van der Waals surface area contributed by atoms with Gasteiger partial charge in [0.15, 0.2) is 12.4 Å². The third kappa shape index (κ3) is 72.3. The number of hydrogen-bond acceptors (Lipinski definition) is 8. The molecule has 89 heavy (non-hydrogen) atoms.